The maximum Gasteiger partial charge on any atom is 0.255 e. The molecular formula is C29H25F5N4O3. The second-order valence-corrected chi connectivity index (χ2v) is 9.94. The number of hydrogen-bond donors (Lipinski definition) is 1. The van der Waals surface area contributed by atoms with Crippen LogP contribution in [-0.2, 0) is 19.6 Å². The van der Waals surface area contributed by atoms with Gasteiger partial charge in [0.15, 0.2) is 11.6 Å². The van der Waals surface area contributed by atoms with E-state index in [-0.39, 0.29) is 35.7 Å². The van der Waals surface area contributed by atoms with Gasteiger partial charge in [0.2, 0.25) is 5.92 Å². The summed E-state index contributed by atoms with van der Waals surface area (Å²) in [6, 6.07) is 11.4. The Kier molecular flexibility index (Phi) is 7.65. The van der Waals surface area contributed by atoms with E-state index in [1.807, 2.05) is 0 Å². The molecule has 5 rings (SSSR count). The fourth-order valence-corrected chi connectivity index (χ4v) is 4.77. The molecule has 1 aliphatic carbocycles. The maximum absolute atomic E-state index is 14.5. The Morgan fingerprint density at radius 2 is 1.68 bits per heavy atom. The van der Waals surface area contributed by atoms with E-state index in [2.05, 4.69) is 10.4 Å². The van der Waals surface area contributed by atoms with Crippen molar-refractivity contribution < 1.29 is 31.5 Å². The van der Waals surface area contributed by atoms with E-state index in [1.165, 1.54) is 22.6 Å². The van der Waals surface area contributed by atoms with Crippen molar-refractivity contribution in [3.05, 3.63) is 117 Å². The molecule has 1 saturated carbocycles. The van der Waals surface area contributed by atoms with Crippen LogP contribution in [0, 0.1) is 17.5 Å². The quantitative estimate of drug-likeness (QED) is 0.286. The predicted octanol–water partition coefficient (Wildman–Crippen LogP) is 5.01. The summed E-state index contributed by atoms with van der Waals surface area (Å²) in [5.41, 5.74) is 0.988. The van der Waals surface area contributed by atoms with E-state index in [9.17, 15) is 31.5 Å². The number of ether oxygens (including phenoxy) is 1. The molecule has 2 aromatic carbocycles. The van der Waals surface area contributed by atoms with Gasteiger partial charge in [0.1, 0.15) is 11.6 Å². The molecule has 12 heteroatoms. The Morgan fingerprint density at radius 3 is 2.34 bits per heavy atom. The van der Waals surface area contributed by atoms with Gasteiger partial charge in [-0.3, -0.25) is 14.3 Å². The van der Waals surface area contributed by atoms with Crippen molar-refractivity contribution in [3.63, 3.8) is 0 Å². The van der Waals surface area contributed by atoms with E-state index >= 15 is 0 Å². The van der Waals surface area contributed by atoms with Crippen molar-refractivity contribution in [2.24, 2.45) is 0 Å². The summed E-state index contributed by atoms with van der Waals surface area (Å²) in [7, 11) is 1.23. The minimum Gasteiger partial charge on any atom is -0.494 e. The topological polar surface area (TPSA) is 78.1 Å². The summed E-state index contributed by atoms with van der Waals surface area (Å²) in [5, 5.41) is 6.87. The number of carbonyl (C=O) groups excluding carboxylic acids is 1. The SMILES string of the molecule is COc1ccc(F)c(CNC(=O)c2cn(Cc3ccc(Cn4cc(F)ccc4=O)cc3)nc2C2CC(F)(F)C2)c1F. The van der Waals surface area contributed by atoms with Crippen molar-refractivity contribution in [1.29, 1.82) is 0 Å². The molecule has 41 heavy (non-hydrogen) atoms. The van der Waals surface area contributed by atoms with Gasteiger partial charge in [-0.05, 0) is 29.3 Å². The average molecular weight is 573 g/mol. The Bertz CT molecular complexity index is 1640. The molecule has 1 amide bonds. The van der Waals surface area contributed by atoms with Crippen LogP contribution in [0.4, 0.5) is 22.0 Å². The highest BCUT2D eigenvalue weighted by atomic mass is 19.3. The summed E-state index contributed by atoms with van der Waals surface area (Å²) in [6.45, 7) is -0.130. The molecule has 0 saturated heterocycles. The van der Waals surface area contributed by atoms with Gasteiger partial charge in [0.25, 0.3) is 11.5 Å². The highest BCUT2D eigenvalue weighted by Gasteiger charge is 2.48. The highest BCUT2D eigenvalue weighted by Crippen LogP contribution is 2.48. The third kappa shape index (κ3) is 6.16. The first-order valence-electron chi connectivity index (χ1n) is 12.7. The van der Waals surface area contributed by atoms with Crippen LogP contribution in [-0.4, -0.2) is 33.3 Å². The second-order valence-electron chi connectivity index (χ2n) is 9.94. The minimum atomic E-state index is -2.85. The zero-order valence-corrected chi connectivity index (χ0v) is 21.8. The number of halogens is 5. The zero-order chi connectivity index (χ0) is 29.3. The van der Waals surface area contributed by atoms with E-state index in [0.29, 0.717) is 0 Å². The summed E-state index contributed by atoms with van der Waals surface area (Å²) in [5.74, 6) is -6.75. The average Bonchev–Trinajstić information content (AvgIpc) is 3.34. The lowest BCUT2D eigenvalue weighted by atomic mass is 9.78. The number of aromatic nitrogens is 3. The highest BCUT2D eigenvalue weighted by molar-refractivity contribution is 5.95. The number of amides is 1. The largest absolute Gasteiger partial charge is 0.494 e. The number of nitrogens with one attached hydrogen (secondary N) is 1. The normalized spacial score (nSPS) is 14.5. The molecule has 1 N–H and O–H groups in total. The van der Waals surface area contributed by atoms with Gasteiger partial charge in [-0.1, -0.05) is 24.3 Å². The third-order valence-corrected chi connectivity index (χ3v) is 6.98. The molecule has 0 bridgehead atoms. The molecule has 7 nitrogen and oxygen atoms in total. The molecule has 0 spiro atoms. The zero-order valence-electron chi connectivity index (χ0n) is 21.8. The van der Waals surface area contributed by atoms with Gasteiger partial charge >= 0.3 is 0 Å². The second kappa shape index (κ2) is 11.2. The summed E-state index contributed by atoms with van der Waals surface area (Å²) < 4.78 is 77.1. The molecule has 1 fully saturated rings. The number of methoxy groups -OCH3 is 1. The van der Waals surface area contributed by atoms with E-state index in [4.69, 9.17) is 4.74 Å². The van der Waals surface area contributed by atoms with Crippen molar-refractivity contribution >= 4 is 5.91 Å². The molecule has 0 unspecified atom stereocenters. The number of carbonyl (C=O) groups is 1. The van der Waals surface area contributed by atoms with Gasteiger partial charge in [0.05, 0.1) is 31.5 Å². The van der Waals surface area contributed by atoms with Crippen molar-refractivity contribution in [3.8, 4) is 5.75 Å². The van der Waals surface area contributed by atoms with Crippen molar-refractivity contribution in [1.82, 2.24) is 19.7 Å². The minimum absolute atomic E-state index is 0.0383. The molecule has 0 radical (unpaired) electrons. The molecule has 2 heterocycles. The van der Waals surface area contributed by atoms with Crippen molar-refractivity contribution in [2.45, 2.75) is 44.3 Å². The first-order valence-corrected chi connectivity index (χ1v) is 12.7. The van der Waals surface area contributed by atoms with E-state index in [0.717, 1.165) is 41.6 Å². The fourth-order valence-electron chi connectivity index (χ4n) is 4.77. The summed E-state index contributed by atoms with van der Waals surface area (Å²) >= 11 is 0. The number of benzene rings is 2. The van der Waals surface area contributed by atoms with Crippen LogP contribution in [0.3, 0.4) is 0 Å². The molecule has 0 atom stereocenters. The lowest BCUT2D eigenvalue weighted by Gasteiger charge is -2.34. The molecule has 4 aromatic rings. The molecule has 214 valence electrons. The standard InChI is InChI=1S/C29H25F5N4O3/c1-41-24-8-7-23(31)21(26(24)32)12-35-28(40)22-16-38(36-27(22)19-10-29(33,34)11-19)14-18-4-2-17(3-5-18)13-37-15-20(30)6-9-25(37)39/h2-9,15-16,19H,10-14H2,1H3,(H,35,40). The number of hydrogen-bond acceptors (Lipinski definition) is 4. The first kappa shape index (κ1) is 28.1. The van der Waals surface area contributed by atoms with Gasteiger partial charge in [-0.25, -0.2) is 22.0 Å². The molecule has 1 aliphatic rings. The smallest absolute Gasteiger partial charge is 0.255 e. The molecular weight excluding hydrogens is 547 g/mol. The predicted molar refractivity (Wildman–Crippen MR) is 139 cm³/mol. The van der Waals surface area contributed by atoms with Crippen LogP contribution in [0.2, 0.25) is 0 Å². The fraction of sp³-hybridized carbons (Fsp3) is 0.276. The van der Waals surface area contributed by atoms with E-state index in [1.54, 1.807) is 24.3 Å². The Hall–Kier alpha value is -4.48. The number of nitrogens with zero attached hydrogens (tertiary/aromatic N) is 3. The number of pyridine rings is 1. The third-order valence-electron chi connectivity index (χ3n) is 6.98. The Morgan fingerprint density at radius 1 is 1.00 bits per heavy atom. The van der Waals surface area contributed by atoms with Crippen LogP contribution in [0.15, 0.2) is 65.7 Å². The first-order chi connectivity index (χ1) is 19.5. The monoisotopic (exact) mass is 572 g/mol. The van der Waals surface area contributed by atoms with Gasteiger partial charge in [-0.15, -0.1) is 0 Å². The molecule has 0 aliphatic heterocycles. The Balaban J connectivity index is 1.33. The summed E-state index contributed by atoms with van der Waals surface area (Å²) in [4.78, 5) is 25.0. The van der Waals surface area contributed by atoms with Crippen LogP contribution < -0.4 is 15.6 Å². The van der Waals surface area contributed by atoms with Crippen LogP contribution in [0.25, 0.3) is 0 Å². The lowest BCUT2D eigenvalue weighted by Crippen LogP contribution is -2.35. The Labute approximate surface area is 231 Å². The summed E-state index contributed by atoms with van der Waals surface area (Å²) in [6.07, 6.45) is 1.62. The van der Waals surface area contributed by atoms with Gasteiger partial charge in [0, 0.05) is 49.3 Å². The van der Waals surface area contributed by atoms with Crippen LogP contribution in [0.5, 0.6) is 5.75 Å². The maximum atomic E-state index is 14.5. The van der Waals surface area contributed by atoms with Gasteiger partial charge < -0.3 is 14.6 Å². The van der Waals surface area contributed by atoms with Crippen molar-refractivity contribution in [2.75, 3.05) is 7.11 Å². The number of rotatable bonds is 9. The van der Waals surface area contributed by atoms with Crippen LogP contribution in [0.1, 0.15) is 51.5 Å². The lowest BCUT2D eigenvalue weighted by molar-refractivity contribution is -0.0878. The number of alkyl halides is 2. The van der Waals surface area contributed by atoms with Gasteiger partial charge in [-0.2, -0.15) is 5.10 Å². The van der Waals surface area contributed by atoms with Crippen LogP contribution >= 0.6 is 0 Å². The van der Waals surface area contributed by atoms with E-state index < -0.39 is 60.1 Å². The molecule has 2 aromatic heterocycles.